The van der Waals surface area contributed by atoms with Gasteiger partial charge in [0.05, 0.1) is 22.4 Å². The first-order valence-corrected chi connectivity index (χ1v) is 4.56. The molecule has 4 heteroatoms. The fraction of sp³-hybridized carbons (Fsp3) is 0.125. The Labute approximate surface area is 83.3 Å². The van der Waals surface area contributed by atoms with E-state index in [-0.39, 0.29) is 0 Å². The van der Waals surface area contributed by atoms with Gasteiger partial charge in [0.25, 0.3) is 0 Å². The molecule has 12 heavy (non-hydrogen) atoms. The summed E-state index contributed by atoms with van der Waals surface area (Å²) in [7, 11) is 1.67. The maximum Gasteiger partial charge on any atom is 0.134 e. The van der Waals surface area contributed by atoms with Crippen molar-refractivity contribution in [2.75, 3.05) is 7.11 Å². The molecule has 0 bridgehead atoms. The molecule has 0 fully saturated rings. The number of ether oxygens (including phenoxy) is 1. The van der Waals surface area contributed by atoms with E-state index < -0.39 is 0 Å². The van der Waals surface area contributed by atoms with Crippen LogP contribution in [0.2, 0.25) is 0 Å². The Morgan fingerprint density at radius 1 is 1.50 bits per heavy atom. The molecule has 2 rings (SSSR count). The molecule has 1 aromatic heterocycles. The van der Waals surface area contributed by atoms with Crippen LogP contribution in [0.25, 0.3) is 10.9 Å². The molecule has 1 N–H and O–H groups in total. The number of aromatic nitrogens is 2. The maximum absolute atomic E-state index is 5.17. The van der Waals surface area contributed by atoms with Gasteiger partial charge in [-0.3, -0.25) is 5.10 Å². The highest BCUT2D eigenvalue weighted by molar-refractivity contribution is 14.1. The van der Waals surface area contributed by atoms with E-state index in [4.69, 9.17) is 4.74 Å². The highest BCUT2D eigenvalue weighted by Gasteiger charge is 2.05. The van der Waals surface area contributed by atoms with E-state index in [1.54, 1.807) is 13.3 Å². The van der Waals surface area contributed by atoms with Gasteiger partial charge in [0.1, 0.15) is 5.75 Å². The minimum atomic E-state index is 0.882. The van der Waals surface area contributed by atoms with Gasteiger partial charge in [-0.25, -0.2) is 0 Å². The third kappa shape index (κ3) is 1.06. The predicted octanol–water partition coefficient (Wildman–Crippen LogP) is 2.18. The summed E-state index contributed by atoms with van der Waals surface area (Å²) in [5.41, 5.74) is 1.04. The van der Waals surface area contributed by atoms with Crippen molar-refractivity contribution in [3.8, 4) is 5.75 Å². The lowest BCUT2D eigenvalue weighted by Gasteiger charge is -2.02. The second kappa shape index (κ2) is 2.93. The van der Waals surface area contributed by atoms with Gasteiger partial charge in [-0.2, -0.15) is 5.10 Å². The molecule has 3 nitrogen and oxygen atoms in total. The molecular weight excluding hydrogens is 267 g/mol. The monoisotopic (exact) mass is 274 g/mol. The van der Waals surface area contributed by atoms with Crippen LogP contribution in [0.1, 0.15) is 0 Å². The van der Waals surface area contributed by atoms with Crippen molar-refractivity contribution in [1.82, 2.24) is 10.2 Å². The van der Waals surface area contributed by atoms with Crippen LogP contribution < -0.4 is 4.74 Å². The number of aromatic amines is 1. The fourth-order valence-electron chi connectivity index (χ4n) is 1.12. The van der Waals surface area contributed by atoms with Crippen molar-refractivity contribution >= 4 is 33.5 Å². The Morgan fingerprint density at radius 2 is 2.33 bits per heavy atom. The molecule has 0 saturated heterocycles. The average molecular weight is 274 g/mol. The zero-order valence-electron chi connectivity index (χ0n) is 6.47. The fourth-order valence-corrected chi connectivity index (χ4v) is 1.95. The molecule has 0 spiro atoms. The third-order valence-corrected chi connectivity index (χ3v) is 2.81. The number of rotatable bonds is 1. The third-order valence-electron chi connectivity index (χ3n) is 1.74. The summed E-state index contributed by atoms with van der Waals surface area (Å²) in [5, 5.41) is 7.99. The Hall–Kier alpha value is -0.780. The highest BCUT2D eigenvalue weighted by Crippen LogP contribution is 2.27. The normalized spacial score (nSPS) is 10.5. The average Bonchev–Trinajstić information content (AvgIpc) is 2.53. The van der Waals surface area contributed by atoms with Crippen LogP contribution in [0.15, 0.2) is 18.3 Å². The minimum Gasteiger partial charge on any atom is -0.496 e. The highest BCUT2D eigenvalue weighted by atomic mass is 127. The number of nitrogens with zero attached hydrogens (tertiary/aromatic N) is 1. The van der Waals surface area contributed by atoms with E-state index in [9.17, 15) is 0 Å². The number of fused-ring (bicyclic) bond motifs is 1. The van der Waals surface area contributed by atoms with Gasteiger partial charge in [0.2, 0.25) is 0 Å². The molecule has 0 atom stereocenters. The molecule has 62 valence electrons. The van der Waals surface area contributed by atoms with Gasteiger partial charge >= 0.3 is 0 Å². The number of hydrogen-bond acceptors (Lipinski definition) is 2. The van der Waals surface area contributed by atoms with E-state index in [2.05, 4.69) is 32.8 Å². The lowest BCUT2D eigenvalue weighted by Crippen LogP contribution is -1.86. The number of methoxy groups -OCH3 is 1. The summed E-state index contributed by atoms with van der Waals surface area (Å²) in [4.78, 5) is 0. The molecule has 0 aliphatic heterocycles. The van der Waals surface area contributed by atoms with Gasteiger partial charge in [-0.05, 0) is 34.7 Å². The largest absolute Gasteiger partial charge is 0.496 e. The van der Waals surface area contributed by atoms with Gasteiger partial charge in [0.15, 0.2) is 0 Å². The van der Waals surface area contributed by atoms with Crippen LogP contribution in [0.4, 0.5) is 0 Å². The zero-order chi connectivity index (χ0) is 8.55. The number of benzene rings is 1. The smallest absolute Gasteiger partial charge is 0.134 e. The standard InChI is InChI=1S/C8H7IN2O/c1-12-6-3-2-5-4-10-11-8(5)7(6)9/h2-4H,1H3,(H,10,11). The first kappa shape index (κ1) is 7.85. The minimum absolute atomic E-state index is 0.882. The predicted molar refractivity (Wildman–Crippen MR) is 55.4 cm³/mol. The Morgan fingerprint density at radius 3 is 3.08 bits per heavy atom. The molecule has 0 unspecified atom stereocenters. The summed E-state index contributed by atoms with van der Waals surface area (Å²) in [6.07, 6.45) is 1.80. The van der Waals surface area contributed by atoms with Crippen molar-refractivity contribution in [3.05, 3.63) is 21.9 Å². The number of hydrogen-bond donors (Lipinski definition) is 1. The first-order valence-electron chi connectivity index (χ1n) is 3.48. The molecule has 1 heterocycles. The van der Waals surface area contributed by atoms with Crippen molar-refractivity contribution in [1.29, 1.82) is 0 Å². The number of halogens is 1. The quantitative estimate of drug-likeness (QED) is 0.809. The lowest BCUT2D eigenvalue weighted by atomic mass is 10.2. The SMILES string of the molecule is COc1ccc2cn[nH]c2c1I. The van der Waals surface area contributed by atoms with Gasteiger partial charge in [-0.1, -0.05) is 0 Å². The lowest BCUT2D eigenvalue weighted by molar-refractivity contribution is 0.412. The Bertz CT molecular complexity index is 410. The van der Waals surface area contributed by atoms with E-state index in [1.165, 1.54) is 0 Å². The van der Waals surface area contributed by atoms with Crippen LogP contribution in [0, 0.1) is 3.57 Å². The second-order valence-electron chi connectivity index (χ2n) is 2.42. The first-order chi connectivity index (χ1) is 5.83. The topological polar surface area (TPSA) is 37.9 Å². The number of nitrogens with one attached hydrogen (secondary N) is 1. The Kier molecular flexibility index (Phi) is 1.92. The summed E-state index contributed by atoms with van der Waals surface area (Å²) in [6.45, 7) is 0. The van der Waals surface area contributed by atoms with Crippen LogP contribution in [-0.2, 0) is 0 Å². The molecule has 1 aromatic carbocycles. The van der Waals surface area contributed by atoms with Gasteiger partial charge in [0, 0.05) is 5.39 Å². The molecular formula is C8H7IN2O. The summed E-state index contributed by atoms with van der Waals surface area (Å²) in [5.74, 6) is 0.882. The molecule has 0 radical (unpaired) electrons. The van der Waals surface area contributed by atoms with Crippen LogP contribution in [0.5, 0.6) is 5.75 Å². The molecule has 2 aromatic rings. The summed E-state index contributed by atoms with van der Waals surface area (Å²) in [6, 6.07) is 3.93. The van der Waals surface area contributed by atoms with Crippen LogP contribution in [-0.4, -0.2) is 17.3 Å². The van der Waals surface area contributed by atoms with E-state index in [1.807, 2.05) is 12.1 Å². The van der Waals surface area contributed by atoms with Crippen LogP contribution >= 0.6 is 22.6 Å². The van der Waals surface area contributed by atoms with Crippen molar-refractivity contribution in [3.63, 3.8) is 0 Å². The molecule has 0 aliphatic rings. The summed E-state index contributed by atoms with van der Waals surface area (Å²) < 4.78 is 6.24. The zero-order valence-corrected chi connectivity index (χ0v) is 8.62. The second-order valence-corrected chi connectivity index (χ2v) is 3.49. The van der Waals surface area contributed by atoms with E-state index in [0.717, 1.165) is 20.2 Å². The van der Waals surface area contributed by atoms with E-state index in [0.29, 0.717) is 0 Å². The summed E-state index contributed by atoms with van der Waals surface area (Å²) >= 11 is 2.24. The Balaban J connectivity index is 2.78. The molecule has 0 amide bonds. The van der Waals surface area contributed by atoms with Crippen LogP contribution in [0.3, 0.4) is 0 Å². The number of H-pyrrole nitrogens is 1. The van der Waals surface area contributed by atoms with Gasteiger partial charge in [-0.15, -0.1) is 0 Å². The van der Waals surface area contributed by atoms with E-state index >= 15 is 0 Å². The van der Waals surface area contributed by atoms with Crippen molar-refractivity contribution < 1.29 is 4.74 Å². The van der Waals surface area contributed by atoms with Gasteiger partial charge < -0.3 is 4.74 Å². The molecule has 0 saturated carbocycles. The van der Waals surface area contributed by atoms with Crippen molar-refractivity contribution in [2.45, 2.75) is 0 Å². The maximum atomic E-state index is 5.17. The molecule has 0 aliphatic carbocycles. The van der Waals surface area contributed by atoms with Crippen molar-refractivity contribution in [2.24, 2.45) is 0 Å².